The Morgan fingerprint density at radius 1 is 1.07 bits per heavy atom. The zero-order valence-electron chi connectivity index (χ0n) is 17.8. The molecule has 0 spiro atoms. The maximum atomic E-state index is 13.0. The van der Waals surface area contributed by atoms with Crippen molar-refractivity contribution in [2.24, 2.45) is 11.8 Å². The first kappa shape index (κ1) is 21.3. The van der Waals surface area contributed by atoms with Crippen LogP contribution in [0.3, 0.4) is 0 Å². The van der Waals surface area contributed by atoms with Gasteiger partial charge in [-0.2, -0.15) is 0 Å². The van der Waals surface area contributed by atoms with Crippen molar-refractivity contribution in [1.29, 1.82) is 0 Å². The first-order valence-electron chi connectivity index (χ1n) is 10.4. The van der Waals surface area contributed by atoms with Crippen LogP contribution in [0.15, 0.2) is 12.1 Å². The summed E-state index contributed by atoms with van der Waals surface area (Å²) >= 11 is 0. The van der Waals surface area contributed by atoms with E-state index in [9.17, 15) is 9.59 Å². The van der Waals surface area contributed by atoms with Crippen molar-refractivity contribution in [3.63, 3.8) is 0 Å². The van der Waals surface area contributed by atoms with Gasteiger partial charge in [0.15, 0.2) is 11.5 Å². The SMILES string of the molecule is CCCCNC(=O)C1CN(C(=O)C2CC2)CC1c1cc(OC)c(OC)c(OC)c1. The summed E-state index contributed by atoms with van der Waals surface area (Å²) in [6.45, 7) is 3.73. The smallest absolute Gasteiger partial charge is 0.225 e. The number of carbonyl (C=O) groups is 2. The highest BCUT2D eigenvalue weighted by atomic mass is 16.5. The summed E-state index contributed by atoms with van der Waals surface area (Å²) in [6.07, 6.45) is 3.88. The molecule has 3 rings (SSSR count). The number of amides is 2. The minimum Gasteiger partial charge on any atom is -0.493 e. The molecule has 7 heteroatoms. The molecule has 1 aromatic rings. The van der Waals surface area contributed by atoms with Crippen LogP contribution in [-0.2, 0) is 9.59 Å². The molecular weight excluding hydrogens is 372 g/mol. The van der Waals surface area contributed by atoms with Crippen LogP contribution in [0.5, 0.6) is 17.2 Å². The van der Waals surface area contributed by atoms with Crippen LogP contribution >= 0.6 is 0 Å². The number of hydrogen-bond donors (Lipinski definition) is 1. The molecule has 1 aromatic carbocycles. The number of nitrogens with zero attached hydrogens (tertiary/aromatic N) is 1. The summed E-state index contributed by atoms with van der Waals surface area (Å²) < 4.78 is 16.4. The maximum absolute atomic E-state index is 13.0. The van der Waals surface area contributed by atoms with E-state index in [-0.39, 0.29) is 29.6 Å². The fourth-order valence-corrected chi connectivity index (χ4v) is 4.01. The second-order valence-corrected chi connectivity index (χ2v) is 7.83. The predicted octanol–water partition coefficient (Wildman–Crippen LogP) is 2.58. The molecule has 1 aliphatic carbocycles. The number of nitrogens with one attached hydrogen (secondary N) is 1. The highest BCUT2D eigenvalue weighted by molar-refractivity contribution is 5.85. The van der Waals surface area contributed by atoms with Crippen LogP contribution in [0.1, 0.15) is 44.1 Å². The van der Waals surface area contributed by atoms with Crippen LogP contribution < -0.4 is 19.5 Å². The van der Waals surface area contributed by atoms with Gasteiger partial charge in [0.05, 0.1) is 27.2 Å². The second kappa shape index (κ2) is 9.37. The summed E-state index contributed by atoms with van der Waals surface area (Å²) in [5.41, 5.74) is 0.918. The monoisotopic (exact) mass is 404 g/mol. The Morgan fingerprint density at radius 2 is 1.72 bits per heavy atom. The number of methoxy groups -OCH3 is 3. The van der Waals surface area contributed by atoms with E-state index in [1.165, 1.54) is 0 Å². The molecule has 2 atom stereocenters. The molecule has 29 heavy (non-hydrogen) atoms. The van der Waals surface area contributed by atoms with E-state index >= 15 is 0 Å². The van der Waals surface area contributed by atoms with E-state index in [1.807, 2.05) is 17.0 Å². The summed E-state index contributed by atoms with van der Waals surface area (Å²) in [4.78, 5) is 27.5. The molecule has 1 saturated carbocycles. The Bertz CT molecular complexity index is 722. The molecule has 0 bridgehead atoms. The molecule has 2 unspecified atom stereocenters. The molecule has 1 N–H and O–H groups in total. The van der Waals surface area contributed by atoms with E-state index in [0.717, 1.165) is 31.2 Å². The van der Waals surface area contributed by atoms with Gasteiger partial charge in [0, 0.05) is 31.5 Å². The lowest BCUT2D eigenvalue weighted by atomic mass is 9.88. The molecule has 160 valence electrons. The number of unbranched alkanes of at least 4 members (excludes halogenated alkanes) is 1. The van der Waals surface area contributed by atoms with E-state index in [2.05, 4.69) is 12.2 Å². The highest BCUT2D eigenvalue weighted by Gasteiger charge is 2.44. The zero-order chi connectivity index (χ0) is 21.0. The zero-order valence-corrected chi connectivity index (χ0v) is 17.8. The van der Waals surface area contributed by atoms with E-state index < -0.39 is 0 Å². The van der Waals surface area contributed by atoms with Crippen LogP contribution in [0.4, 0.5) is 0 Å². The lowest BCUT2D eigenvalue weighted by molar-refractivity contribution is -0.132. The number of hydrogen-bond acceptors (Lipinski definition) is 5. The Kier molecular flexibility index (Phi) is 6.87. The highest BCUT2D eigenvalue weighted by Crippen LogP contribution is 2.44. The lowest BCUT2D eigenvalue weighted by Gasteiger charge is -2.21. The largest absolute Gasteiger partial charge is 0.493 e. The van der Waals surface area contributed by atoms with Crippen molar-refractivity contribution in [2.75, 3.05) is 41.0 Å². The Morgan fingerprint density at radius 3 is 2.24 bits per heavy atom. The van der Waals surface area contributed by atoms with Crippen molar-refractivity contribution in [2.45, 2.75) is 38.5 Å². The topological polar surface area (TPSA) is 77.1 Å². The van der Waals surface area contributed by atoms with Crippen LogP contribution in [0.2, 0.25) is 0 Å². The third-order valence-corrected chi connectivity index (χ3v) is 5.84. The fraction of sp³-hybridized carbons (Fsp3) is 0.636. The van der Waals surface area contributed by atoms with Gasteiger partial charge in [0.25, 0.3) is 0 Å². The minimum atomic E-state index is -0.294. The summed E-state index contributed by atoms with van der Waals surface area (Å²) in [5.74, 6) is 1.53. The van der Waals surface area contributed by atoms with E-state index in [4.69, 9.17) is 14.2 Å². The van der Waals surface area contributed by atoms with Gasteiger partial charge in [0.1, 0.15) is 0 Å². The first-order chi connectivity index (χ1) is 14.0. The molecule has 2 fully saturated rings. The third kappa shape index (κ3) is 4.60. The second-order valence-electron chi connectivity index (χ2n) is 7.83. The first-order valence-corrected chi connectivity index (χ1v) is 10.4. The third-order valence-electron chi connectivity index (χ3n) is 5.84. The Labute approximate surface area is 172 Å². The lowest BCUT2D eigenvalue weighted by Crippen LogP contribution is -2.36. The van der Waals surface area contributed by atoms with Crippen molar-refractivity contribution < 1.29 is 23.8 Å². The van der Waals surface area contributed by atoms with Gasteiger partial charge in [-0.15, -0.1) is 0 Å². The predicted molar refractivity (Wildman–Crippen MR) is 110 cm³/mol. The van der Waals surface area contributed by atoms with Crippen LogP contribution in [0, 0.1) is 11.8 Å². The fourth-order valence-electron chi connectivity index (χ4n) is 4.01. The Hall–Kier alpha value is -2.44. The number of carbonyl (C=O) groups excluding carboxylic acids is 2. The van der Waals surface area contributed by atoms with Crippen molar-refractivity contribution in [3.05, 3.63) is 17.7 Å². The standard InChI is InChI=1S/C22H32N2O5/c1-5-6-9-23-21(25)17-13-24(22(26)14-7-8-14)12-16(17)15-10-18(27-2)20(29-4)19(11-15)28-3/h10-11,14,16-17H,5-9,12-13H2,1-4H3,(H,23,25). The molecule has 1 heterocycles. The summed E-state index contributed by atoms with van der Waals surface area (Å²) in [6, 6.07) is 3.78. The van der Waals surface area contributed by atoms with Gasteiger partial charge in [0.2, 0.25) is 17.6 Å². The van der Waals surface area contributed by atoms with Gasteiger partial charge in [-0.1, -0.05) is 13.3 Å². The van der Waals surface area contributed by atoms with Gasteiger partial charge in [-0.25, -0.2) is 0 Å². The average molecular weight is 405 g/mol. The number of likely N-dealkylation sites (tertiary alicyclic amines) is 1. The molecule has 2 amide bonds. The van der Waals surface area contributed by atoms with Crippen molar-refractivity contribution in [3.8, 4) is 17.2 Å². The minimum absolute atomic E-state index is 0.00305. The summed E-state index contributed by atoms with van der Waals surface area (Å²) in [7, 11) is 4.72. The number of ether oxygens (including phenoxy) is 3. The Balaban J connectivity index is 1.90. The molecule has 1 aliphatic heterocycles. The van der Waals surface area contributed by atoms with E-state index in [0.29, 0.717) is 36.9 Å². The van der Waals surface area contributed by atoms with Crippen molar-refractivity contribution >= 4 is 11.8 Å². The van der Waals surface area contributed by atoms with Gasteiger partial charge in [-0.3, -0.25) is 9.59 Å². The molecule has 0 radical (unpaired) electrons. The van der Waals surface area contributed by atoms with Gasteiger partial charge >= 0.3 is 0 Å². The van der Waals surface area contributed by atoms with Gasteiger partial charge < -0.3 is 24.4 Å². The van der Waals surface area contributed by atoms with Gasteiger partial charge in [-0.05, 0) is 37.0 Å². The molecule has 7 nitrogen and oxygen atoms in total. The molecule has 2 aliphatic rings. The van der Waals surface area contributed by atoms with Crippen molar-refractivity contribution in [1.82, 2.24) is 10.2 Å². The number of rotatable bonds is 9. The maximum Gasteiger partial charge on any atom is 0.225 e. The van der Waals surface area contributed by atoms with Crippen LogP contribution in [-0.4, -0.2) is 57.7 Å². The summed E-state index contributed by atoms with van der Waals surface area (Å²) in [5, 5.41) is 3.05. The quantitative estimate of drug-likeness (QED) is 0.640. The van der Waals surface area contributed by atoms with Crippen LogP contribution in [0.25, 0.3) is 0 Å². The number of benzene rings is 1. The molecular formula is C22H32N2O5. The van der Waals surface area contributed by atoms with E-state index in [1.54, 1.807) is 21.3 Å². The molecule has 0 aromatic heterocycles. The average Bonchev–Trinajstić information content (AvgIpc) is 3.49. The normalized spacial score (nSPS) is 21.0. The molecule has 1 saturated heterocycles.